The summed E-state index contributed by atoms with van der Waals surface area (Å²) in [4.78, 5) is 8.81. The summed E-state index contributed by atoms with van der Waals surface area (Å²) in [5, 5.41) is 1.25. The smallest absolute Gasteiger partial charge is 0.194 e. The fourth-order valence-electron chi connectivity index (χ4n) is 4.46. The molecule has 3 nitrogen and oxygen atoms in total. The number of rotatable bonds is 13. The summed E-state index contributed by atoms with van der Waals surface area (Å²) < 4.78 is 61.0. The lowest BCUT2D eigenvalue weighted by atomic mass is 9.98. The molecule has 4 aromatic rings. The van der Waals surface area contributed by atoms with E-state index in [0.29, 0.717) is 36.1 Å². The van der Waals surface area contributed by atoms with Crippen molar-refractivity contribution in [1.29, 1.82) is 0 Å². The molecule has 0 fully saturated rings. The maximum absolute atomic E-state index is 15.1. The molecule has 200 valence electrons. The molecule has 0 saturated carbocycles. The van der Waals surface area contributed by atoms with E-state index in [9.17, 15) is 13.2 Å². The van der Waals surface area contributed by atoms with Gasteiger partial charge in [0.2, 0.25) is 0 Å². The highest BCUT2D eigenvalue weighted by molar-refractivity contribution is 5.84. The lowest BCUT2D eigenvalue weighted by Crippen LogP contribution is -2.02. The zero-order valence-corrected chi connectivity index (χ0v) is 21.6. The quantitative estimate of drug-likeness (QED) is 0.101. The van der Waals surface area contributed by atoms with Crippen molar-refractivity contribution in [1.82, 2.24) is 9.97 Å². The van der Waals surface area contributed by atoms with Gasteiger partial charge >= 0.3 is 0 Å². The van der Waals surface area contributed by atoms with Gasteiger partial charge in [0.25, 0.3) is 0 Å². The third kappa shape index (κ3) is 7.30. The van der Waals surface area contributed by atoms with Crippen molar-refractivity contribution in [2.45, 2.75) is 64.7 Å². The second kappa shape index (κ2) is 13.4. The molecule has 0 saturated heterocycles. The largest absolute Gasteiger partial charge is 0.490 e. The summed E-state index contributed by atoms with van der Waals surface area (Å²) in [5.41, 5.74) is 1.76. The number of hydrogen-bond donors (Lipinski definition) is 0. The highest BCUT2D eigenvalue weighted by Crippen LogP contribution is 2.25. The van der Waals surface area contributed by atoms with Crippen molar-refractivity contribution in [2.24, 2.45) is 0 Å². The van der Waals surface area contributed by atoms with Crippen LogP contribution in [0.5, 0.6) is 5.75 Å². The van der Waals surface area contributed by atoms with Crippen LogP contribution in [0.2, 0.25) is 0 Å². The van der Waals surface area contributed by atoms with Crippen molar-refractivity contribution >= 4 is 10.8 Å². The molecule has 0 spiro atoms. The van der Waals surface area contributed by atoms with E-state index in [1.165, 1.54) is 25.7 Å². The Balaban J connectivity index is 1.31. The van der Waals surface area contributed by atoms with Crippen molar-refractivity contribution in [3.63, 3.8) is 0 Å². The van der Waals surface area contributed by atoms with Gasteiger partial charge in [-0.1, -0.05) is 62.9 Å². The van der Waals surface area contributed by atoms with E-state index in [0.717, 1.165) is 35.3 Å². The first-order valence-corrected chi connectivity index (χ1v) is 13.2. The normalized spacial score (nSPS) is 11.3. The van der Waals surface area contributed by atoms with Crippen LogP contribution in [0.3, 0.4) is 0 Å². The highest BCUT2D eigenvalue weighted by Gasteiger charge is 2.13. The maximum Gasteiger partial charge on any atom is 0.194 e. The van der Waals surface area contributed by atoms with Crippen molar-refractivity contribution in [3.05, 3.63) is 101 Å². The van der Waals surface area contributed by atoms with Crippen LogP contribution in [0, 0.1) is 23.3 Å². The third-order valence-electron chi connectivity index (χ3n) is 6.66. The topological polar surface area (TPSA) is 35.0 Å². The number of aromatic nitrogens is 2. The molecular formula is C31H32F4N2O. The van der Waals surface area contributed by atoms with E-state index in [-0.39, 0.29) is 24.2 Å². The van der Waals surface area contributed by atoms with Gasteiger partial charge in [-0.05, 0) is 59.9 Å². The zero-order valence-electron chi connectivity index (χ0n) is 21.6. The van der Waals surface area contributed by atoms with E-state index in [1.54, 1.807) is 24.5 Å². The van der Waals surface area contributed by atoms with Crippen molar-refractivity contribution in [3.8, 4) is 5.75 Å². The fourth-order valence-corrected chi connectivity index (χ4v) is 4.46. The Morgan fingerprint density at radius 2 is 1.39 bits per heavy atom. The Kier molecular flexibility index (Phi) is 9.68. The average molecular weight is 525 g/mol. The summed E-state index contributed by atoms with van der Waals surface area (Å²) in [7, 11) is 0. The lowest BCUT2D eigenvalue weighted by molar-refractivity contribution is 0.302. The van der Waals surface area contributed by atoms with Crippen LogP contribution in [0.4, 0.5) is 17.6 Å². The highest BCUT2D eigenvalue weighted by atomic mass is 19.2. The predicted molar refractivity (Wildman–Crippen MR) is 141 cm³/mol. The minimum atomic E-state index is -1.50. The number of ether oxygens (including phenoxy) is 1. The first-order valence-electron chi connectivity index (χ1n) is 13.2. The Labute approximate surface area is 220 Å². The van der Waals surface area contributed by atoms with Crippen LogP contribution in [-0.4, -0.2) is 16.6 Å². The molecule has 0 unspecified atom stereocenters. The minimum absolute atomic E-state index is 0.192. The number of benzene rings is 3. The van der Waals surface area contributed by atoms with Crippen molar-refractivity contribution < 1.29 is 22.3 Å². The van der Waals surface area contributed by atoms with Gasteiger partial charge in [0.15, 0.2) is 23.2 Å². The molecule has 1 aromatic heterocycles. The Morgan fingerprint density at radius 3 is 2.13 bits per heavy atom. The minimum Gasteiger partial charge on any atom is -0.490 e. The number of hydrogen-bond acceptors (Lipinski definition) is 3. The Hall–Kier alpha value is -3.48. The molecule has 0 bridgehead atoms. The van der Waals surface area contributed by atoms with Gasteiger partial charge < -0.3 is 4.74 Å². The fraction of sp³-hybridized carbons (Fsp3) is 0.355. The van der Waals surface area contributed by atoms with E-state index in [2.05, 4.69) is 16.9 Å². The molecule has 1 heterocycles. The van der Waals surface area contributed by atoms with Gasteiger partial charge in [-0.3, -0.25) is 0 Å². The first kappa shape index (κ1) is 27.6. The molecular weight excluding hydrogens is 492 g/mol. The molecule has 0 atom stereocenters. The summed E-state index contributed by atoms with van der Waals surface area (Å²) in [6.07, 6.45) is 11.1. The molecule has 38 heavy (non-hydrogen) atoms. The van der Waals surface area contributed by atoms with Gasteiger partial charge in [0.1, 0.15) is 11.6 Å². The molecule has 3 aromatic carbocycles. The molecule has 0 N–H and O–H groups in total. The van der Waals surface area contributed by atoms with Gasteiger partial charge in [-0.25, -0.2) is 27.5 Å². The van der Waals surface area contributed by atoms with Crippen molar-refractivity contribution in [2.75, 3.05) is 6.61 Å². The lowest BCUT2D eigenvalue weighted by Gasteiger charge is -2.09. The number of nitrogens with zero attached hydrogens (tertiary/aromatic N) is 2. The monoisotopic (exact) mass is 524 g/mol. The second-order valence-electron chi connectivity index (χ2n) is 9.57. The van der Waals surface area contributed by atoms with Crippen LogP contribution < -0.4 is 4.74 Å². The molecule has 0 aliphatic heterocycles. The summed E-state index contributed by atoms with van der Waals surface area (Å²) >= 11 is 0. The SMILES string of the molecule is CCCCCCCOc1cnc(CCc2ccc3c(F)c(CCc4cc(F)c(F)c(F)c4)ccc3c2)nc1. The first-order chi connectivity index (χ1) is 18.4. The molecule has 7 heteroatoms. The number of aryl methyl sites for hydroxylation is 4. The average Bonchev–Trinajstić information content (AvgIpc) is 2.92. The van der Waals surface area contributed by atoms with E-state index in [4.69, 9.17) is 4.74 Å². The van der Waals surface area contributed by atoms with Crippen LogP contribution in [0.15, 0.2) is 54.9 Å². The third-order valence-corrected chi connectivity index (χ3v) is 6.66. The van der Waals surface area contributed by atoms with Gasteiger partial charge in [-0.2, -0.15) is 0 Å². The standard InChI is InChI=1S/C31H32F4N2O/c1-2-3-4-5-6-15-38-25-19-36-29(37-20-25)14-9-21-8-13-26-24(16-21)12-11-23(30(26)34)10-7-22-17-27(32)31(35)28(33)18-22/h8,11-13,16-20H,2-7,9-10,14-15H2,1H3. The Morgan fingerprint density at radius 1 is 0.684 bits per heavy atom. The van der Waals surface area contributed by atoms with Crippen LogP contribution in [-0.2, 0) is 25.7 Å². The van der Waals surface area contributed by atoms with E-state index < -0.39 is 17.5 Å². The van der Waals surface area contributed by atoms with E-state index in [1.807, 2.05) is 18.2 Å². The zero-order chi connectivity index (χ0) is 26.9. The maximum atomic E-state index is 15.1. The number of halogens is 4. The van der Waals surface area contributed by atoms with Gasteiger partial charge in [0, 0.05) is 11.8 Å². The van der Waals surface area contributed by atoms with Crippen LogP contribution in [0.1, 0.15) is 61.5 Å². The van der Waals surface area contributed by atoms with Gasteiger partial charge in [-0.15, -0.1) is 0 Å². The number of unbranched alkanes of at least 4 members (excludes halogenated alkanes) is 4. The van der Waals surface area contributed by atoms with Crippen LogP contribution >= 0.6 is 0 Å². The molecule has 0 aliphatic rings. The summed E-state index contributed by atoms with van der Waals surface area (Å²) in [5.74, 6) is -2.95. The van der Waals surface area contributed by atoms with Crippen LogP contribution in [0.25, 0.3) is 10.8 Å². The molecule has 0 radical (unpaired) electrons. The van der Waals surface area contributed by atoms with E-state index >= 15 is 4.39 Å². The summed E-state index contributed by atoms with van der Waals surface area (Å²) in [6.45, 7) is 2.87. The van der Waals surface area contributed by atoms with Gasteiger partial charge in [0.05, 0.1) is 19.0 Å². The molecule has 0 amide bonds. The second-order valence-corrected chi connectivity index (χ2v) is 9.57. The molecule has 0 aliphatic carbocycles. The number of fused-ring (bicyclic) bond motifs is 1. The summed E-state index contributed by atoms with van der Waals surface area (Å²) in [6, 6.07) is 11.0. The Bertz CT molecular complexity index is 1340. The predicted octanol–water partition coefficient (Wildman–Crippen LogP) is 8.11. The molecule has 4 rings (SSSR count).